The van der Waals surface area contributed by atoms with Crippen LogP contribution in [0.1, 0.15) is 39.5 Å². The van der Waals surface area contributed by atoms with E-state index in [2.05, 4.69) is 33.5 Å². The van der Waals surface area contributed by atoms with Gasteiger partial charge in [-0.05, 0) is 37.9 Å². The lowest BCUT2D eigenvalue weighted by atomic mass is 9.75. The molecule has 0 aromatic carbocycles. The summed E-state index contributed by atoms with van der Waals surface area (Å²) in [5.74, 6) is 0. The molecule has 2 heteroatoms. The number of hydrogen-bond donors (Lipinski definition) is 0. The Labute approximate surface area is 84.0 Å². The summed E-state index contributed by atoms with van der Waals surface area (Å²) < 4.78 is 6.23. The van der Waals surface area contributed by atoms with Crippen molar-refractivity contribution in [2.24, 2.45) is 5.41 Å². The topological polar surface area (TPSA) is 9.23 Å². The molecule has 0 radical (unpaired) electrons. The monoisotopic (exact) mass is 200 g/mol. The molecule has 1 fully saturated rings. The Morgan fingerprint density at radius 2 is 1.77 bits per heavy atom. The van der Waals surface area contributed by atoms with Crippen molar-refractivity contribution >= 4 is 8.32 Å². The molecular weight excluding hydrogens is 176 g/mol. The van der Waals surface area contributed by atoms with Crippen molar-refractivity contribution in [2.45, 2.75) is 65.3 Å². The van der Waals surface area contributed by atoms with Gasteiger partial charge in [-0.25, -0.2) is 0 Å². The fourth-order valence-corrected chi connectivity index (χ4v) is 3.40. The fourth-order valence-electron chi connectivity index (χ4n) is 2.11. The molecule has 0 bridgehead atoms. The van der Waals surface area contributed by atoms with Crippen molar-refractivity contribution in [3.63, 3.8) is 0 Å². The Hall–Kier alpha value is 0.177. The molecule has 0 unspecified atom stereocenters. The van der Waals surface area contributed by atoms with E-state index in [4.69, 9.17) is 4.43 Å². The number of hydrogen-bond acceptors (Lipinski definition) is 1. The molecule has 78 valence electrons. The Balaban J connectivity index is 2.56. The smallest absolute Gasteiger partial charge is 0.184 e. The molecule has 0 heterocycles. The van der Waals surface area contributed by atoms with E-state index in [0.717, 1.165) is 0 Å². The van der Waals surface area contributed by atoms with Gasteiger partial charge in [-0.3, -0.25) is 0 Å². The summed E-state index contributed by atoms with van der Waals surface area (Å²) in [6, 6.07) is 0. The lowest BCUT2D eigenvalue weighted by molar-refractivity contribution is 0.0280. The molecule has 1 aliphatic carbocycles. The standard InChI is InChI=1S/C11H24OSi/c1-11(2)9-7-6-8-10(11)12-13(3,4)5/h10H,6-9H2,1-5H3/t10-/m1/s1. The van der Waals surface area contributed by atoms with E-state index < -0.39 is 8.32 Å². The summed E-state index contributed by atoms with van der Waals surface area (Å²) >= 11 is 0. The first kappa shape index (κ1) is 11.3. The summed E-state index contributed by atoms with van der Waals surface area (Å²) in [6.45, 7) is 11.6. The summed E-state index contributed by atoms with van der Waals surface area (Å²) in [4.78, 5) is 0. The van der Waals surface area contributed by atoms with Gasteiger partial charge in [0.15, 0.2) is 8.32 Å². The van der Waals surface area contributed by atoms with Gasteiger partial charge in [0.2, 0.25) is 0 Å². The molecule has 0 aromatic heterocycles. The van der Waals surface area contributed by atoms with Crippen molar-refractivity contribution in [1.82, 2.24) is 0 Å². The predicted octanol–water partition coefficient (Wildman–Crippen LogP) is 3.81. The zero-order valence-electron chi connectivity index (χ0n) is 9.81. The zero-order valence-corrected chi connectivity index (χ0v) is 10.8. The molecule has 1 saturated carbocycles. The van der Waals surface area contributed by atoms with Crippen molar-refractivity contribution in [2.75, 3.05) is 0 Å². The van der Waals surface area contributed by atoms with Crippen LogP contribution in [0.2, 0.25) is 19.6 Å². The molecule has 1 atom stereocenters. The van der Waals surface area contributed by atoms with Gasteiger partial charge in [-0.1, -0.05) is 26.7 Å². The van der Waals surface area contributed by atoms with Crippen LogP contribution in [0.3, 0.4) is 0 Å². The molecule has 0 N–H and O–H groups in total. The van der Waals surface area contributed by atoms with Crippen molar-refractivity contribution in [3.05, 3.63) is 0 Å². The average Bonchev–Trinajstić information content (AvgIpc) is 1.91. The van der Waals surface area contributed by atoms with Crippen LogP contribution in [0, 0.1) is 5.41 Å². The zero-order chi connectivity index (χ0) is 10.1. The third kappa shape index (κ3) is 3.43. The molecule has 13 heavy (non-hydrogen) atoms. The van der Waals surface area contributed by atoms with Crippen LogP contribution in [0.25, 0.3) is 0 Å². The largest absolute Gasteiger partial charge is 0.414 e. The van der Waals surface area contributed by atoms with Gasteiger partial charge in [0.1, 0.15) is 0 Å². The third-order valence-electron chi connectivity index (χ3n) is 2.90. The second-order valence-corrected chi connectivity index (χ2v) is 10.4. The summed E-state index contributed by atoms with van der Waals surface area (Å²) in [7, 11) is -1.33. The Morgan fingerprint density at radius 3 is 2.23 bits per heavy atom. The number of rotatable bonds is 2. The van der Waals surface area contributed by atoms with Crippen LogP contribution in [0.5, 0.6) is 0 Å². The highest BCUT2D eigenvalue weighted by Crippen LogP contribution is 2.38. The van der Waals surface area contributed by atoms with Crippen molar-refractivity contribution in [3.8, 4) is 0 Å². The van der Waals surface area contributed by atoms with Crippen LogP contribution in [-0.2, 0) is 4.43 Å². The molecular formula is C11H24OSi. The van der Waals surface area contributed by atoms with E-state index >= 15 is 0 Å². The van der Waals surface area contributed by atoms with E-state index in [9.17, 15) is 0 Å². The normalized spacial score (nSPS) is 28.8. The van der Waals surface area contributed by atoms with E-state index in [0.29, 0.717) is 11.5 Å². The van der Waals surface area contributed by atoms with Crippen molar-refractivity contribution < 1.29 is 4.43 Å². The minimum atomic E-state index is -1.33. The van der Waals surface area contributed by atoms with Gasteiger partial charge in [0, 0.05) is 0 Å². The second-order valence-electron chi connectivity index (χ2n) is 5.95. The first-order chi connectivity index (χ1) is 5.81. The lowest BCUT2D eigenvalue weighted by Gasteiger charge is -2.41. The molecule has 0 amide bonds. The fraction of sp³-hybridized carbons (Fsp3) is 1.00. The summed E-state index contributed by atoms with van der Waals surface area (Å²) in [5.41, 5.74) is 0.415. The van der Waals surface area contributed by atoms with Crippen LogP contribution < -0.4 is 0 Å². The Morgan fingerprint density at radius 1 is 1.15 bits per heavy atom. The summed E-state index contributed by atoms with van der Waals surface area (Å²) in [6.07, 6.45) is 5.88. The SMILES string of the molecule is CC1(C)CCCC[C@H]1O[Si](C)(C)C. The van der Waals surface area contributed by atoms with Gasteiger partial charge in [0.05, 0.1) is 6.10 Å². The highest BCUT2D eigenvalue weighted by Gasteiger charge is 2.35. The Bertz CT molecular complexity index is 169. The predicted molar refractivity (Wildman–Crippen MR) is 60.5 cm³/mol. The maximum atomic E-state index is 6.23. The quantitative estimate of drug-likeness (QED) is 0.616. The highest BCUT2D eigenvalue weighted by atomic mass is 28.4. The molecule has 1 rings (SSSR count). The minimum Gasteiger partial charge on any atom is -0.414 e. The van der Waals surface area contributed by atoms with Gasteiger partial charge >= 0.3 is 0 Å². The van der Waals surface area contributed by atoms with Crippen LogP contribution in [0.4, 0.5) is 0 Å². The van der Waals surface area contributed by atoms with Crippen molar-refractivity contribution in [1.29, 1.82) is 0 Å². The van der Waals surface area contributed by atoms with Gasteiger partial charge in [-0.15, -0.1) is 0 Å². The molecule has 1 aliphatic rings. The molecule has 0 aliphatic heterocycles. The van der Waals surface area contributed by atoms with E-state index in [-0.39, 0.29) is 0 Å². The van der Waals surface area contributed by atoms with Crippen LogP contribution >= 0.6 is 0 Å². The minimum absolute atomic E-state index is 0.415. The first-order valence-electron chi connectivity index (χ1n) is 5.49. The van der Waals surface area contributed by atoms with Gasteiger partial charge in [0.25, 0.3) is 0 Å². The van der Waals surface area contributed by atoms with E-state index in [1.807, 2.05) is 0 Å². The second kappa shape index (κ2) is 3.74. The maximum Gasteiger partial charge on any atom is 0.184 e. The summed E-state index contributed by atoms with van der Waals surface area (Å²) in [5, 5.41) is 0. The van der Waals surface area contributed by atoms with Gasteiger partial charge in [-0.2, -0.15) is 0 Å². The van der Waals surface area contributed by atoms with Crippen LogP contribution in [0.15, 0.2) is 0 Å². The van der Waals surface area contributed by atoms with Gasteiger partial charge < -0.3 is 4.43 Å². The highest BCUT2D eigenvalue weighted by molar-refractivity contribution is 6.69. The molecule has 0 spiro atoms. The third-order valence-corrected chi connectivity index (χ3v) is 3.90. The lowest BCUT2D eigenvalue weighted by Crippen LogP contribution is -2.42. The average molecular weight is 200 g/mol. The van der Waals surface area contributed by atoms with Crippen LogP contribution in [-0.4, -0.2) is 14.4 Å². The molecule has 1 nitrogen and oxygen atoms in total. The van der Waals surface area contributed by atoms with E-state index in [1.165, 1.54) is 25.7 Å². The molecule has 0 saturated heterocycles. The van der Waals surface area contributed by atoms with E-state index in [1.54, 1.807) is 0 Å². The first-order valence-corrected chi connectivity index (χ1v) is 8.90. The molecule has 0 aromatic rings. The maximum absolute atomic E-state index is 6.23. The Kier molecular flexibility index (Phi) is 3.23.